The molecule has 0 atom stereocenters. The second kappa shape index (κ2) is 10.6. The number of nitrogens with one attached hydrogen (secondary N) is 2. The lowest BCUT2D eigenvalue weighted by Crippen LogP contribution is -2.27. The molecular formula is C24H25N5O2S. The van der Waals surface area contributed by atoms with Crippen molar-refractivity contribution < 1.29 is 9.59 Å². The molecule has 8 heteroatoms. The minimum atomic E-state index is -0.396. The fourth-order valence-electron chi connectivity index (χ4n) is 3.13. The van der Waals surface area contributed by atoms with E-state index >= 15 is 0 Å². The molecule has 2 heterocycles. The lowest BCUT2D eigenvalue weighted by atomic mass is 10.0. The third kappa shape index (κ3) is 5.77. The fourth-order valence-corrected chi connectivity index (χ4v) is 4.06. The highest BCUT2D eigenvalue weighted by molar-refractivity contribution is 7.10. The van der Waals surface area contributed by atoms with Crippen LogP contribution in [0.2, 0.25) is 0 Å². The highest BCUT2D eigenvalue weighted by Gasteiger charge is 2.14. The van der Waals surface area contributed by atoms with Gasteiger partial charge in [-0.2, -0.15) is 5.26 Å². The molecule has 3 aromatic rings. The summed E-state index contributed by atoms with van der Waals surface area (Å²) in [6.07, 6.45) is 1.96. The first-order chi connectivity index (χ1) is 15.4. The van der Waals surface area contributed by atoms with Crippen LogP contribution in [-0.2, 0) is 19.5 Å². The lowest BCUT2D eigenvalue weighted by Gasteiger charge is -2.10. The zero-order valence-corrected chi connectivity index (χ0v) is 19.1. The predicted octanol–water partition coefficient (Wildman–Crippen LogP) is 3.96. The molecule has 164 valence electrons. The summed E-state index contributed by atoms with van der Waals surface area (Å²) in [5.74, 6) is -0.309. The van der Waals surface area contributed by atoms with Crippen molar-refractivity contribution in [3.63, 3.8) is 0 Å². The molecule has 7 nitrogen and oxygen atoms in total. The molecule has 0 radical (unpaired) electrons. The molecule has 0 fully saturated rings. The molecule has 2 aromatic heterocycles. The van der Waals surface area contributed by atoms with Crippen molar-refractivity contribution in [1.82, 2.24) is 20.6 Å². The Bertz CT molecular complexity index is 1160. The van der Waals surface area contributed by atoms with Gasteiger partial charge in [0.25, 0.3) is 11.8 Å². The summed E-state index contributed by atoms with van der Waals surface area (Å²) in [5, 5.41) is 16.7. The van der Waals surface area contributed by atoms with E-state index in [0.717, 1.165) is 23.1 Å². The van der Waals surface area contributed by atoms with Crippen LogP contribution in [0.25, 0.3) is 0 Å². The zero-order chi connectivity index (χ0) is 23.1. The third-order valence-electron chi connectivity index (χ3n) is 4.98. The van der Waals surface area contributed by atoms with E-state index in [4.69, 9.17) is 5.26 Å². The molecule has 0 saturated heterocycles. The first-order valence-electron chi connectivity index (χ1n) is 10.4. The van der Waals surface area contributed by atoms with Gasteiger partial charge in [-0.15, -0.1) is 11.3 Å². The number of rotatable bonds is 8. The second-order valence-corrected chi connectivity index (χ2v) is 8.56. The van der Waals surface area contributed by atoms with Crippen molar-refractivity contribution in [1.29, 1.82) is 5.26 Å². The second-order valence-electron chi connectivity index (χ2n) is 7.61. The van der Waals surface area contributed by atoms with E-state index < -0.39 is 5.91 Å². The first kappa shape index (κ1) is 23.1. The van der Waals surface area contributed by atoms with Gasteiger partial charge >= 0.3 is 0 Å². The van der Waals surface area contributed by atoms with E-state index in [2.05, 4.69) is 46.6 Å². The fraction of sp³-hybridized carbons (Fsp3) is 0.292. The number of carbonyl (C=O) groups excluding carboxylic acids is 2. The maximum Gasteiger partial charge on any atom is 0.270 e. The van der Waals surface area contributed by atoms with Gasteiger partial charge < -0.3 is 10.6 Å². The van der Waals surface area contributed by atoms with Gasteiger partial charge in [0.2, 0.25) is 0 Å². The minimum Gasteiger partial charge on any atom is -0.347 e. The smallest absolute Gasteiger partial charge is 0.270 e. The van der Waals surface area contributed by atoms with Crippen molar-refractivity contribution in [3.05, 3.63) is 80.6 Å². The molecule has 3 rings (SSSR count). The number of nitrogens with zero attached hydrogens (tertiary/aromatic N) is 3. The van der Waals surface area contributed by atoms with Crippen molar-refractivity contribution in [2.45, 2.75) is 46.2 Å². The number of carbonyl (C=O) groups is 2. The van der Waals surface area contributed by atoms with Crippen LogP contribution < -0.4 is 10.6 Å². The van der Waals surface area contributed by atoms with Gasteiger partial charge in [0.1, 0.15) is 17.7 Å². The zero-order valence-electron chi connectivity index (χ0n) is 18.3. The Morgan fingerprint density at radius 3 is 2.31 bits per heavy atom. The topological polar surface area (TPSA) is 108 Å². The average molecular weight is 448 g/mol. The van der Waals surface area contributed by atoms with Gasteiger partial charge in [0, 0.05) is 24.0 Å². The number of aromatic nitrogens is 2. The Morgan fingerprint density at radius 2 is 1.72 bits per heavy atom. The monoisotopic (exact) mass is 447 g/mol. The van der Waals surface area contributed by atoms with Crippen LogP contribution in [-0.4, -0.2) is 21.8 Å². The maximum atomic E-state index is 12.6. The van der Waals surface area contributed by atoms with E-state index in [-0.39, 0.29) is 17.3 Å². The quantitative estimate of drug-likeness (QED) is 0.543. The van der Waals surface area contributed by atoms with Gasteiger partial charge in [-0.25, -0.2) is 9.97 Å². The molecule has 2 amide bonds. The summed E-state index contributed by atoms with van der Waals surface area (Å²) in [7, 11) is 0. The molecular weight excluding hydrogens is 422 g/mol. The summed E-state index contributed by atoms with van der Waals surface area (Å²) in [6, 6.07) is 11.0. The summed E-state index contributed by atoms with van der Waals surface area (Å²) < 4.78 is 0. The van der Waals surface area contributed by atoms with Crippen LogP contribution in [0.5, 0.6) is 0 Å². The van der Waals surface area contributed by atoms with Gasteiger partial charge in [0.05, 0.1) is 11.6 Å². The number of hydrogen-bond acceptors (Lipinski definition) is 6. The number of hydrogen-bond donors (Lipinski definition) is 2. The first-order valence-corrected chi connectivity index (χ1v) is 11.3. The SMILES string of the molecule is CCc1cc(C#N)ccc1CNC(=O)c1cc(C(=O)NCc2csc(C(C)C)c2)ncn1. The number of amides is 2. The number of aryl methyl sites for hydroxylation is 1. The Balaban J connectivity index is 1.61. The van der Waals surface area contributed by atoms with Crippen LogP contribution >= 0.6 is 11.3 Å². The largest absolute Gasteiger partial charge is 0.347 e. The molecule has 0 aliphatic heterocycles. The summed E-state index contributed by atoms with van der Waals surface area (Å²) in [5.41, 5.74) is 3.82. The predicted molar refractivity (Wildman–Crippen MR) is 123 cm³/mol. The molecule has 0 aliphatic carbocycles. The van der Waals surface area contributed by atoms with Crippen molar-refractivity contribution in [2.24, 2.45) is 0 Å². The third-order valence-corrected chi connectivity index (χ3v) is 6.27. The Hall–Kier alpha value is -3.57. The highest BCUT2D eigenvalue weighted by Crippen LogP contribution is 2.23. The number of nitriles is 1. The Labute approximate surface area is 191 Å². The van der Waals surface area contributed by atoms with Gasteiger partial charge in [-0.1, -0.05) is 26.8 Å². The van der Waals surface area contributed by atoms with Crippen molar-refractivity contribution in [3.8, 4) is 6.07 Å². The molecule has 32 heavy (non-hydrogen) atoms. The molecule has 0 bridgehead atoms. The molecule has 0 unspecified atom stereocenters. The van der Waals surface area contributed by atoms with Crippen LogP contribution in [0.4, 0.5) is 0 Å². The van der Waals surface area contributed by atoms with Gasteiger partial charge in [-0.3, -0.25) is 9.59 Å². The van der Waals surface area contributed by atoms with Crippen LogP contribution in [0, 0.1) is 11.3 Å². The summed E-state index contributed by atoms with van der Waals surface area (Å²) in [4.78, 5) is 34.3. The normalized spacial score (nSPS) is 10.6. The van der Waals surface area contributed by atoms with E-state index in [1.807, 2.05) is 24.4 Å². The van der Waals surface area contributed by atoms with E-state index in [9.17, 15) is 9.59 Å². The summed E-state index contributed by atoms with van der Waals surface area (Å²) >= 11 is 1.67. The van der Waals surface area contributed by atoms with E-state index in [0.29, 0.717) is 24.6 Å². The van der Waals surface area contributed by atoms with Crippen molar-refractivity contribution >= 4 is 23.2 Å². The van der Waals surface area contributed by atoms with E-state index in [1.165, 1.54) is 17.3 Å². The van der Waals surface area contributed by atoms with Gasteiger partial charge in [-0.05, 0) is 52.6 Å². The Kier molecular flexibility index (Phi) is 7.68. The number of benzene rings is 1. The lowest BCUT2D eigenvalue weighted by molar-refractivity contribution is 0.0944. The van der Waals surface area contributed by atoms with Crippen molar-refractivity contribution in [2.75, 3.05) is 0 Å². The molecule has 0 saturated carbocycles. The highest BCUT2D eigenvalue weighted by atomic mass is 32.1. The average Bonchev–Trinajstić information content (AvgIpc) is 3.30. The number of thiophene rings is 1. The molecule has 0 spiro atoms. The van der Waals surface area contributed by atoms with E-state index in [1.54, 1.807) is 17.4 Å². The Morgan fingerprint density at radius 1 is 1.03 bits per heavy atom. The van der Waals surface area contributed by atoms with Crippen LogP contribution in [0.15, 0.2) is 42.0 Å². The minimum absolute atomic E-state index is 0.120. The summed E-state index contributed by atoms with van der Waals surface area (Å²) in [6.45, 7) is 6.96. The molecule has 1 aromatic carbocycles. The molecule has 2 N–H and O–H groups in total. The molecule has 0 aliphatic rings. The van der Waals surface area contributed by atoms with Crippen LogP contribution in [0.1, 0.15) is 74.8 Å². The van der Waals surface area contributed by atoms with Gasteiger partial charge in [0.15, 0.2) is 0 Å². The van der Waals surface area contributed by atoms with Crippen LogP contribution in [0.3, 0.4) is 0 Å². The maximum absolute atomic E-state index is 12.6. The standard InChI is InChI=1S/C24H25N5O2S/c1-4-18-7-16(10-25)5-6-19(18)12-27-24(31)21-9-20(28-14-29-21)23(30)26-11-17-8-22(15(2)3)32-13-17/h5-9,13-15H,4,11-12H2,1-3H3,(H,26,30)(H,27,31).